The number of rotatable bonds is 19. The van der Waals surface area contributed by atoms with Crippen molar-refractivity contribution in [3.05, 3.63) is 12.4 Å². The minimum atomic E-state index is 0.639. The van der Waals surface area contributed by atoms with Crippen LogP contribution in [0.5, 0.6) is 0 Å². The van der Waals surface area contributed by atoms with Gasteiger partial charge >= 0.3 is 0 Å². The molecule has 0 saturated carbocycles. The molecular formula is C25H50N2. The first-order valence-electron chi connectivity index (χ1n) is 12.5. The number of hydrogen-bond donors (Lipinski definition) is 0. The molecule has 27 heavy (non-hydrogen) atoms. The minimum absolute atomic E-state index is 0.639. The molecule has 0 aromatic heterocycles. The van der Waals surface area contributed by atoms with Gasteiger partial charge in [-0.15, -0.1) is 0 Å². The fourth-order valence-electron chi connectivity index (χ4n) is 4.32. The van der Waals surface area contributed by atoms with E-state index in [2.05, 4.69) is 43.0 Å². The highest BCUT2D eigenvalue weighted by atomic mass is 15.4. The fraction of sp³-hybridized carbons (Fsp3) is 0.920. The van der Waals surface area contributed by atoms with E-state index in [1.165, 1.54) is 116 Å². The highest BCUT2D eigenvalue weighted by Crippen LogP contribution is 2.22. The molecular weight excluding hydrogens is 328 g/mol. The lowest BCUT2D eigenvalue weighted by atomic mass is 10.0. The molecule has 0 bridgehead atoms. The molecule has 2 nitrogen and oxygen atoms in total. The van der Waals surface area contributed by atoms with Crippen molar-refractivity contribution >= 4 is 0 Å². The Hall–Kier alpha value is -0.660. The standard InChI is InChI=1S/C25H50N2/c1-4-7-9-11-12-13-14-15-16-17-19-21-25-26(6-3)23-24-27(25)22-20-18-10-8-5-2/h23-25H,4-22H2,1-3H3. The number of unbranched alkanes of at least 4 members (excludes halogenated alkanes) is 14. The SMILES string of the molecule is CCCCCCCCCCCCCC1N(CC)C=CN1CCCCCCC. The van der Waals surface area contributed by atoms with Gasteiger partial charge in [0.2, 0.25) is 0 Å². The van der Waals surface area contributed by atoms with Crippen molar-refractivity contribution in [1.82, 2.24) is 9.80 Å². The van der Waals surface area contributed by atoms with E-state index in [9.17, 15) is 0 Å². The van der Waals surface area contributed by atoms with E-state index in [1.54, 1.807) is 0 Å². The van der Waals surface area contributed by atoms with Crippen molar-refractivity contribution in [1.29, 1.82) is 0 Å². The van der Waals surface area contributed by atoms with E-state index < -0.39 is 0 Å². The molecule has 0 spiro atoms. The van der Waals surface area contributed by atoms with Crippen LogP contribution in [-0.4, -0.2) is 29.1 Å². The molecule has 0 amide bonds. The van der Waals surface area contributed by atoms with Crippen molar-refractivity contribution < 1.29 is 0 Å². The monoisotopic (exact) mass is 378 g/mol. The van der Waals surface area contributed by atoms with Crippen LogP contribution in [-0.2, 0) is 0 Å². The summed E-state index contributed by atoms with van der Waals surface area (Å²) in [5, 5.41) is 0. The third-order valence-electron chi connectivity index (χ3n) is 6.17. The zero-order chi connectivity index (χ0) is 19.6. The third-order valence-corrected chi connectivity index (χ3v) is 6.17. The van der Waals surface area contributed by atoms with Crippen LogP contribution in [0.15, 0.2) is 12.4 Å². The van der Waals surface area contributed by atoms with Gasteiger partial charge in [0.1, 0.15) is 6.17 Å². The lowest BCUT2D eigenvalue weighted by Crippen LogP contribution is -2.38. The van der Waals surface area contributed by atoms with E-state index in [-0.39, 0.29) is 0 Å². The summed E-state index contributed by atoms with van der Waals surface area (Å²) >= 11 is 0. The predicted molar refractivity (Wildman–Crippen MR) is 122 cm³/mol. The average molecular weight is 379 g/mol. The van der Waals surface area contributed by atoms with Crippen LogP contribution in [0.25, 0.3) is 0 Å². The topological polar surface area (TPSA) is 6.48 Å². The second-order valence-corrected chi connectivity index (χ2v) is 8.59. The molecule has 0 aromatic rings. The summed E-state index contributed by atoms with van der Waals surface area (Å²) in [4.78, 5) is 5.16. The maximum atomic E-state index is 2.62. The summed E-state index contributed by atoms with van der Waals surface area (Å²) in [6, 6.07) is 0. The highest BCUT2D eigenvalue weighted by Gasteiger charge is 2.23. The van der Waals surface area contributed by atoms with Gasteiger partial charge in [-0.05, 0) is 26.2 Å². The molecule has 0 N–H and O–H groups in total. The lowest BCUT2D eigenvalue weighted by Gasteiger charge is -2.32. The summed E-state index contributed by atoms with van der Waals surface area (Å²) in [5.41, 5.74) is 0. The molecule has 0 aliphatic carbocycles. The largest absolute Gasteiger partial charge is 0.356 e. The Balaban J connectivity index is 2.04. The van der Waals surface area contributed by atoms with Gasteiger partial charge in [-0.1, -0.05) is 104 Å². The first-order valence-corrected chi connectivity index (χ1v) is 12.5. The minimum Gasteiger partial charge on any atom is -0.356 e. The van der Waals surface area contributed by atoms with Gasteiger partial charge in [-0.2, -0.15) is 0 Å². The molecule has 0 radical (unpaired) electrons. The van der Waals surface area contributed by atoms with Crippen LogP contribution in [0.1, 0.15) is 130 Å². The second kappa shape index (κ2) is 17.4. The number of hydrogen-bond acceptors (Lipinski definition) is 2. The van der Waals surface area contributed by atoms with Crippen molar-refractivity contribution in [3.63, 3.8) is 0 Å². The molecule has 1 unspecified atom stereocenters. The molecule has 2 heteroatoms. The second-order valence-electron chi connectivity index (χ2n) is 8.59. The maximum absolute atomic E-state index is 2.62. The van der Waals surface area contributed by atoms with Crippen LogP contribution in [0.3, 0.4) is 0 Å². The average Bonchev–Trinajstić information content (AvgIpc) is 3.07. The molecule has 0 fully saturated rings. The van der Waals surface area contributed by atoms with Crippen LogP contribution in [0.4, 0.5) is 0 Å². The summed E-state index contributed by atoms with van der Waals surface area (Å²) in [6.07, 6.45) is 29.4. The normalized spacial score (nSPS) is 16.6. The summed E-state index contributed by atoms with van der Waals surface area (Å²) in [5.74, 6) is 0. The molecule has 1 atom stereocenters. The molecule has 1 aliphatic heterocycles. The van der Waals surface area contributed by atoms with Crippen molar-refractivity contribution in [2.24, 2.45) is 0 Å². The maximum Gasteiger partial charge on any atom is 0.101 e. The zero-order valence-electron chi connectivity index (χ0n) is 19.1. The molecule has 1 rings (SSSR count). The molecule has 0 saturated heterocycles. The van der Waals surface area contributed by atoms with Crippen LogP contribution < -0.4 is 0 Å². The van der Waals surface area contributed by atoms with Crippen LogP contribution in [0, 0.1) is 0 Å². The Labute approximate surface area is 171 Å². The van der Waals surface area contributed by atoms with Crippen LogP contribution in [0.2, 0.25) is 0 Å². The van der Waals surface area contributed by atoms with E-state index in [0.29, 0.717) is 6.17 Å². The van der Waals surface area contributed by atoms with Gasteiger partial charge in [-0.25, -0.2) is 0 Å². The summed E-state index contributed by atoms with van der Waals surface area (Å²) in [7, 11) is 0. The zero-order valence-corrected chi connectivity index (χ0v) is 19.1. The molecule has 0 aromatic carbocycles. The van der Waals surface area contributed by atoms with E-state index in [4.69, 9.17) is 0 Å². The Morgan fingerprint density at radius 2 is 0.963 bits per heavy atom. The third kappa shape index (κ3) is 11.7. The quantitative estimate of drug-likeness (QED) is 0.209. The fourth-order valence-corrected chi connectivity index (χ4v) is 4.32. The number of nitrogens with zero attached hydrogens (tertiary/aromatic N) is 2. The smallest absolute Gasteiger partial charge is 0.101 e. The molecule has 1 aliphatic rings. The van der Waals surface area contributed by atoms with Gasteiger partial charge in [0.25, 0.3) is 0 Å². The van der Waals surface area contributed by atoms with E-state index in [1.807, 2.05) is 0 Å². The Bertz CT molecular complexity index is 339. The Morgan fingerprint density at radius 1 is 0.519 bits per heavy atom. The van der Waals surface area contributed by atoms with Gasteiger partial charge < -0.3 is 9.80 Å². The van der Waals surface area contributed by atoms with Gasteiger partial charge in [0.05, 0.1) is 0 Å². The van der Waals surface area contributed by atoms with Gasteiger partial charge in [0.15, 0.2) is 0 Å². The Morgan fingerprint density at radius 3 is 1.48 bits per heavy atom. The lowest BCUT2D eigenvalue weighted by molar-refractivity contribution is 0.142. The van der Waals surface area contributed by atoms with Gasteiger partial charge in [-0.3, -0.25) is 0 Å². The van der Waals surface area contributed by atoms with Crippen LogP contribution >= 0.6 is 0 Å². The first-order chi connectivity index (χ1) is 13.3. The predicted octanol–water partition coefficient (Wildman–Crippen LogP) is 8.09. The Kier molecular flexibility index (Phi) is 15.7. The van der Waals surface area contributed by atoms with E-state index >= 15 is 0 Å². The van der Waals surface area contributed by atoms with Crippen molar-refractivity contribution in [2.75, 3.05) is 13.1 Å². The summed E-state index contributed by atoms with van der Waals surface area (Å²) < 4.78 is 0. The summed E-state index contributed by atoms with van der Waals surface area (Å²) in [6.45, 7) is 9.29. The van der Waals surface area contributed by atoms with Crippen molar-refractivity contribution in [3.8, 4) is 0 Å². The van der Waals surface area contributed by atoms with Gasteiger partial charge in [0, 0.05) is 25.5 Å². The first kappa shape index (κ1) is 24.4. The molecule has 1 heterocycles. The van der Waals surface area contributed by atoms with E-state index in [0.717, 1.165) is 6.54 Å². The molecule has 160 valence electrons. The van der Waals surface area contributed by atoms with Crippen molar-refractivity contribution in [2.45, 2.75) is 136 Å². The highest BCUT2D eigenvalue weighted by molar-refractivity contribution is 4.96.